The number of para-hydroxylation sites is 1. The molecular weight excluding hydrogens is 334 g/mol. The first-order valence-corrected chi connectivity index (χ1v) is 8.21. The predicted octanol–water partition coefficient (Wildman–Crippen LogP) is 3.88. The number of hydrogen-bond acceptors (Lipinski definition) is 4. The number of esters is 1. The van der Waals surface area contributed by atoms with E-state index in [2.05, 4.69) is 0 Å². The van der Waals surface area contributed by atoms with Gasteiger partial charge >= 0.3 is 5.97 Å². The second-order valence-electron chi connectivity index (χ2n) is 4.70. The van der Waals surface area contributed by atoms with Gasteiger partial charge in [0.05, 0.1) is 24.1 Å². The first-order chi connectivity index (χ1) is 11.0. The lowest BCUT2D eigenvalue weighted by molar-refractivity contribution is -0.115. The molecule has 0 bridgehead atoms. The van der Waals surface area contributed by atoms with E-state index in [9.17, 15) is 9.59 Å². The molecule has 120 valence electrons. The summed E-state index contributed by atoms with van der Waals surface area (Å²) in [6, 6.07) is 14.2. The van der Waals surface area contributed by atoms with Gasteiger partial charge in [0, 0.05) is 17.0 Å². The molecule has 2 aromatic carbocycles. The number of anilines is 1. The van der Waals surface area contributed by atoms with Crippen molar-refractivity contribution in [3.05, 3.63) is 59.1 Å². The molecule has 0 spiro atoms. The van der Waals surface area contributed by atoms with E-state index in [0.29, 0.717) is 16.3 Å². The van der Waals surface area contributed by atoms with Crippen molar-refractivity contribution in [1.29, 1.82) is 0 Å². The van der Waals surface area contributed by atoms with Gasteiger partial charge in [-0.3, -0.25) is 4.79 Å². The number of carbonyl (C=O) groups excluding carboxylic acids is 2. The van der Waals surface area contributed by atoms with Gasteiger partial charge in [0.1, 0.15) is 0 Å². The van der Waals surface area contributed by atoms with Crippen molar-refractivity contribution in [2.45, 2.75) is 4.90 Å². The monoisotopic (exact) mass is 349 g/mol. The van der Waals surface area contributed by atoms with Crippen molar-refractivity contribution in [2.24, 2.45) is 0 Å². The SMILES string of the molecule is COC(=O)c1ccccc1N(C)C(=O)CSc1ccc(Cl)cc1. The molecule has 0 radical (unpaired) electrons. The summed E-state index contributed by atoms with van der Waals surface area (Å²) in [5, 5.41) is 0.657. The van der Waals surface area contributed by atoms with E-state index >= 15 is 0 Å². The summed E-state index contributed by atoms with van der Waals surface area (Å²) in [5.74, 6) is -0.319. The summed E-state index contributed by atoms with van der Waals surface area (Å²) in [7, 11) is 2.96. The number of thioether (sulfide) groups is 1. The van der Waals surface area contributed by atoms with Crippen LogP contribution in [0.4, 0.5) is 5.69 Å². The van der Waals surface area contributed by atoms with Crippen LogP contribution in [0.2, 0.25) is 5.02 Å². The number of ether oxygens (including phenoxy) is 1. The molecule has 2 rings (SSSR count). The van der Waals surface area contributed by atoms with Gasteiger partial charge in [0.2, 0.25) is 5.91 Å². The van der Waals surface area contributed by atoms with Crippen LogP contribution in [0.15, 0.2) is 53.4 Å². The Morgan fingerprint density at radius 1 is 1.13 bits per heavy atom. The number of methoxy groups -OCH3 is 1. The van der Waals surface area contributed by atoms with Gasteiger partial charge < -0.3 is 9.64 Å². The van der Waals surface area contributed by atoms with Crippen LogP contribution in [0.1, 0.15) is 10.4 Å². The Morgan fingerprint density at radius 3 is 2.43 bits per heavy atom. The predicted molar refractivity (Wildman–Crippen MR) is 93.4 cm³/mol. The van der Waals surface area contributed by atoms with Crippen LogP contribution < -0.4 is 4.90 Å². The highest BCUT2D eigenvalue weighted by Crippen LogP contribution is 2.24. The third-order valence-corrected chi connectivity index (χ3v) is 4.47. The van der Waals surface area contributed by atoms with Gasteiger partial charge in [-0.1, -0.05) is 23.7 Å². The summed E-state index contributed by atoms with van der Waals surface area (Å²) in [6.45, 7) is 0. The summed E-state index contributed by atoms with van der Waals surface area (Å²) < 4.78 is 4.75. The molecule has 1 amide bonds. The number of amides is 1. The highest BCUT2D eigenvalue weighted by atomic mass is 35.5. The summed E-state index contributed by atoms with van der Waals surface area (Å²) in [6.07, 6.45) is 0. The lowest BCUT2D eigenvalue weighted by atomic mass is 10.1. The zero-order valence-electron chi connectivity index (χ0n) is 12.8. The van der Waals surface area contributed by atoms with Gasteiger partial charge in [0.25, 0.3) is 0 Å². The highest BCUT2D eigenvalue weighted by molar-refractivity contribution is 8.00. The van der Waals surface area contributed by atoms with E-state index < -0.39 is 5.97 Å². The summed E-state index contributed by atoms with van der Waals surface area (Å²) in [4.78, 5) is 26.6. The van der Waals surface area contributed by atoms with Crippen LogP contribution in [0.3, 0.4) is 0 Å². The van der Waals surface area contributed by atoms with Crippen LogP contribution >= 0.6 is 23.4 Å². The second-order valence-corrected chi connectivity index (χ2v) is 6.19. The van der Waals surface area contributed by atoms with E-state index in [1.54, 1.807) is 43.4 Å². The number of carbonyl (C=O) groups is 2. The number of rotatable bonds is 5. The van der Waals surface area contributed by atoms with Crippen molar-refractivity contribution in [3.63, 3.8) is 0 Å². The molecule has 0 N–H and O–H groups in total. The number of halogens is 1. The van der Waals surface area contributed by atoms with Crippen LogP contribution in [-0.4, -0.2) is 31.8 Å². The molecule has 23 heavy (non-hydrogen) atoms. The minimum atomic E-state index is -0.467. The van der Waals surface area contributed by atoms with E-state index in [1.807, 2.05) is 12.1 Å². The maximum absolute atomic E-state index is 12.4. The Labute approximate surface area is 144 Å². The Morgan fingerprint density at radius 2 is 1.78 bits per heavy atom. The molecule has 0 atom stereocenters. The number of nitrogens with zero attached hydrogens (tertiary/aromatic N) is 1. The fourth-order valence-corrected chi connectivity index (χ4v) is 2.89. The zero-order chi connectivity index (χ0) is 16.8. The molecule has 0 fully saturated rings. The zero-order valence-corrected chi connectivity index (χ0v) is 14.4. The highest BCUT2D eigenvalue weighted by Gasteiger charge is 2.18. The van der Waals surface area contributed by atoms with Gasteiger partial charge in [-0.05, 0) is 36.4 Å². The van der Waals surface area contributed by atoms with Crippen molar-refractivity contribution >= 4 is 40.9 Å². The average molecular weight is 350 g/mol. The Bertz CT molecular complexity index is 703. The Hall–Kier alpha value is -1.98. The van der Waals surface area contributed by atoms with Crippen LogP contribution in [0.25, 0.3) is 0 Å². The maximum atomic E-state index is 12.4. The molecule has 6 heteroatoms. The van der Waals surface area contributed by atoms with Crippen LogP contribution in [0.5, 0.6) is 0 Å². The molecule has 0 aliphatic heterocycles. The molecular formula is C17H16ClNO3S. The minimum absolute atomic E-state index is 0.110. The Kier molecular flexibility index (Phi) is 6.07. The largest absolute Gasteiger partial charge is 0.465 e. The lowest BCUT2D eigenvalue weighted by Crippen LogP contribution is -2.29. The number of hydrogen-bond donors (Lipinski definition) is 0. The fraction of sp³-hybridized carbons (Fsp3) is 0.176. The van der Waals surface area contributed by atoms with Crippen LogP contribution in [-0.2, 0) is 9.53 Å². The average Bonchev–Trinajstić information content (AvgIpc) is 2.59. The van der Waals surface area contributed by atoms with E-state index in [4.69, 9.17) is 16.3 Å². The molecule has 2 aromatic rings. The topological polar surface area (TPSA) is 46.6 Å². The van der Waals surface area contributed by atoms with Gasteiger partial charge in [-0.25, -0.2) is 4.79 Å². The number of benzene rings is 2. The maximum Gasteiger partial charge on any atom is 0.339 e. The van der Waals surface area contributed by atoms with Crippen molar-refractivity contribution in [3.8, 4) is 0 Å². The standard InChI is InChI=1S/C17H16ClNO3S/c1-19(15-6-4-3-5-14(15)17(21)22-2)16(20)11-23-13-9-7-12(18)8-10-13/h3-10H,11H2,1-2H3. The molecule has 0 saturated heterocycles. The molecule has 0 aliphatic carbocycles. The van der Waals surface area contributed by atoms with Crippen molar-refractivity contribution in [2.75, 3.05) is 24.8 Å². The van der Waals surface area contributed by atoms with Crippen molar-refractivity contribution in [1.82, 2.24) is 0 Å². The third kappa shape index (κ3) is 4.50. The summed E-state index contributed by atoms with van der Waals surface area (Å²) >= 11 is 7.25. The molecule has 0 unspecified atom stereocenters. The molecule has 4 nitrogen and oxygen atoms in total. The molecule has 0 aliphatic rings. The van der Waals surface area contributed by atoms with E-state index in [-0.39, 0.29) is 11.7 Å². The first kappa shape index (κ1) is 17.4. The molecule has 0 heterocycles. The van der Waals surface area contributed by atoms with Crippen LogP contribution in [0, 0.1) is 0 Å². The molecule has 0 saturated carbocycles. The quantitative estimate of drug-likeness (QED) is 0.607. The summed E-state index contributed by atoms with van der Waals surface area (Å²) in [5.41, 5.74) is 0.892. The van der Waals surface area contributed by atoms with E-state index in [1.165, 1.54) is 23.8 Å². The second kappa shape index (κ2) is 8.04. The van der Waals surface area contributed by atoms with Gasteiger partial charge in [0.15, 0.2) is 0 Å². The third-order valence-electron chi connectivity index (χ3n) is 3.22. The van der Waals surface area contributed by atoms with Gasteiger partial charge in [-0.15, -0.1) is 11.8 Å². The Balaban J connectivity index is 2.08. The smallest absolute Gasteiger partial charge is 0.339 e. The van der Waals surface area contributed by atoms with Crippen molar-refractivity contribution < 1.29 is 14.3 Å². The minimum Gasteiger partial charge on any atom is -0.465 e. The van der Waals surface area contributed by atoms with E-state index in [0.717, 1.165) is 4.90 Å². The fourth-order valence-electron chi connectivity index (χ4n) is 1.96. The molecule has 0 aromatic heterocycles. The lowest BCUT2D eigenvalue weighted by Gasteiger charge is -2.19. The normalized spacial score (nSPS) is 10.2. The first-order valence-electron chi connectivity index (χ1n) is 6.85. The van der Waals surface area contributed by atoms with Gasteiger partial charge in [-0.2, -0.15) is 0 Å².